The molecular weight excluding hydrogens is 230 g/mol. The maximum Gasteiger partial charge on any atom is 0.0806 e. The first-order valence-electron chi connectivity index (χ1n) is 5.72. The summed E-state index contributed by atoms with van der Waals surface area (Å²) in [6.45, 7) is 1.42. The van der Waals surface area contributed by atoms with Crippen LogP contribution in [0.4, 0.5) is 11.4 Å². The average molecular weight is 247 g/mol. The molecule has 0 aliphatic rings. The minimum Gasteiger partial charge on any atom is -0.399 e. The van der Waals surface area contributed by atoms with Crippen molar-refractivity contribution in [2.75, 3.05) is 24.3 Å². The van der Waals surface area contributed by atoms with E-state index in [-0.39, 0.29) is 13.2 Å². The molecule has 0 unspecified atom stereocenters. The van der Waals surface area contributed by atoms with Crippen LogP contribution >= 0.6 is 0 Å². The van der Waals surface area contributed by atoms with Crippen molar-refractivity contribution in [3.05, 3.63) is 30.5 Å². The fourth-order valence-electron chi connectivity index (χ4n) is 1.73. The fraction of sp³-hybridized carbons (Fsp3) is 0.308. The standard InChI is InChI=1S/C13H17N3O2/c1-13(7-17,8-18)16-11-4-5-15-12-6-9(14)2-3-10(11)12/h2-6,17-18H,7-8,14H2,1H3,(H,15,16). The Morgan fingerprint density at radius 2 is 2.00 bits per heavy atom. The van der Waals surface area contributed by atoms with Crippen molar-refractivity contribution in [3.63, 3.8) is 0 Å². The van der Waals surface area contributed by atoms with Crippen LogP contribution in [-0.4, -0.2) is 33.9 Å². The number of hydrogen-bond donors (Lipinski definition) is 4. The van der Waals surface area contributed by atoms with Crippen LogP contribution in [0.25, 0.3) is 10.9 Å². The molecule has 0 bridgehead atoms. The van der Waals surface area contributed by atoms with Crippen molar-refractivity contribution >= 4 is 22.3 Å². The Balaban J connectivity index is 2.45. The number of anilines is 2. The summed E-state index contributed by atoms with van der Waals surface area (Å²) >= 11 is 0. The van der Waals surface area contributed by atoms with Gasteiger partial charge in [-0.1, -0.05) is 0 Å². The number of pyridine rings is 1. The van der Waals surface area contributed by atoms with Crippen LogP contribution in [0.5, 0.6) is 0 Å². The zero-order chi connectivity index (χ0) is 13.2. The maximum atomic E-state index is 9.30. The molecule has 1 aromatic carbocycles. The Morgan fingerprint density at radius 3 is 2.67 bits per heavy atom. The van der Waals surface area contributed by atoms with Crippen LogP contribution in [0.15, 0.2) is 30.5 Å². The zero-order valence-corrected chi connectivity index (χ0v) is 10.2. The normalized spacial score (nSPS) is 11.7. The van der Waals surface area contributed by atoms with Crippen LogP contribution in [0.3, 0.4) is 0 Å². The first-order valence-corrected chi connectivity index (χ1v) is 5.72. The number of nitrogens with two attached hydrogens (primary N) is 1. The Bertz CT molecular complexity index is 553. The van der Waals surface area contributed by atoms with Gasteiger partial charge in [-0.25, -0.2) is 0 Å². The van der Waals surface area contributed by atoms with Gasteiger partial charge in [0.15, 0.2) is 0 Å². The summed E-state index contributed by atoms with van der Waals surface area (Å²) in [5.41, 5.74) is 7.18. The Morgan fingerprint density at radius 1 is 1.28 bits per heavy atom. The lowest BCUT2D eigenvalue weighted by atomic mass is 10.0. The molecule has 1 heterocycles. The van der Waals surface area contributed by atoms with E-state index in [9.17, 15) is 10.2 Å². The Labute approximate surface area is 105 Å². The van der Waals surface area contributed by atoms with Crippen molar-refractivity contribution in [2.24, 2.45) is 0 Å². The van der Waals surface area contributed by atoms with Crippen molar-refractivity contribution in [1.29, 1.82) is 0 Å². The average Bonchev–Trinajstić information content (AvgIpc) is 2.38. The van der Waals surface area contributed by atoms with Crippen LogP contribution in [0, 0.1) is 0 Å². The van der Waals surface area contributed by atoms with E-state index in [2.05, 4.69) is 10.3 Å². The van der Waals surface area contributed by atoms with E-state index in [0.717, 1.165) is 16.6 Å². The summed E-state index contributed by atoms with van der Waals surface area (Å²) in [6, 6.07) is 7.26. The molecule has 2 aromatic rings. The number of nitrogens with zero attached hydrogens (tertiary/aromatic N) is 1. The first kappa shape index (κ1) is 12.6. The molecule has 96 valence electrons. The third-order valence-corrected chi connectivity index (χ3v) is 2.90. The SMILES string of the molecule is CC(CO)(CO)Nc1ccnc2cc(N)ccc12. The Hall–Kier alpha value is -1.85. The monoisotopic (exact) mass is 247 g/mol. The summed E-state index contributed by atoms with van der Waals surface area (Å²) in [5, 5.41) is 22.6. The minimum absolute atomic E-state index is 0.164. The number of benzene rings is 1. The van der Waals surface area contributed by atoms with Crippen LogP contribution < -0.4 is 11.1 Å². The highest BCUT2D eigenvalue weighted by molar-refractivity contribution is 5.92. The lowest BCUT2D eigenvalue weighted by molar-refractivity contribution is 0.147. The highest BCUT2D eigenvalue weighted by atomic mass is 16.3. The number of hydrogen-bond acceptors (Lipinski definition) is 5. The molecule has 5 N–H and O–H groups in total. The second-order valence-electron chi connectivity index (χ2n) is 4.64. The van der Waals surface area contributed by atoms with Crippen LogP contribution in [0.1, 0.15) is 6.92 Å². The molecule has 0 aliphatic heterocycles. The molecule has 0 atom stereocenters. The second kappa shape index (κ2) is 4.80. The van der Waals surface area contributed by atoms with Gasteiger partial charge in [0.25, 0.3) is 0 Å². The van der Waals surface area contributed by atoms with E-state index in [1.54, 1.807) is 25.3 Å². The van der Waals surface area contributed by atoms with E-state index < -0.39 is 5.54 Å². The predicted molar refractivity (Wildman–Crippen MR) is 72.4 cm³/mol. The number of aliphatic hydroxyl groups is 2. The molecule has 5 heteroatoms. The highest BCUT2D eigenvalue weighted by Gasteiger charge is 2.22. The molecule has 0 radical (unpaired) electrons. The van der Waals surface area contributed by atoms with Gasteiger partial charge in [-0.2, -0.15) is 0 Å². The quantitative estimate of drug-likeness (QED) is 0.604. The third kappa shape index (κ3) is 2.37. The minimum atomic E-state index is -0.768. The van der Waals surface area contributed by atoms with E-state index in [1.165, 1.54) is 0 Å². The maximum absolute atomic E-state index is 9.30. The third-order valence-electron chi connectivity index (χ3n) is 2.90. The Kier molecular flexibility index (Phi) is 3.36. The number of fused-ring (bicyclic) bond motifs is 1. The fourth-order valence-corrected chi connectivity index (χ4v) is 1.73. The van der Waals surface area contributed by atoms with Crippen molar-refractivity contribution in [2.45, 2.75) is 12.5 Å². The van der Waals surface area contributed by atoms with E-state index in [1.807, 2.05) is 12.1 Å². The number of rotatable bonds is 4. The molecule has 2 rings (SSSR count). The molecular formula is C13H17N3O2. The van der Waals surface area contributed by atoms with Crippen LogP contribution in [-0.2, 0) is 0 Å². The largest absolute Gasteiger partial charge is 0.399 e. The molecule has 1 aromatic heterocycles. The molecule has 0 amide bonds. The van der Waals surface area contributed by atoms with Gasteiger partial charge in [0.05, 0.1) is 24.3 Å². The van der Waals surface area contributed by atoms with Crippen LogP contribution in [0.2, 0.25) is 0 Å². The summed E-state index contributed by atoms with van der Waals surface area (Å²) in [6.07, 6.45) is 1.67. The van der Waals surface area contributed by atoms with Crippen molar-refractivity contribution in [3.8, 4) is 0 Å². The van der Waals surface area contributed by atoms with E-state index in [0.29, 0.717) is 5.69 Å². The van der Waals surface area contributed by atoms with Gasteiger partial charge in [0.1, 0.15) is 0 Å². The number of nitrogen functional groups attached to an aromatic ring is 1. The smallest absolute Gasteiger partial charge is 0.0806 e. The van der Waals surface area contributed by atoms with Crippen molar-refractivity contribution < 1.29 is 10.2 Å². The molecule has 0 saturated carbocycles. The topological polar surface area (TPSA) is 91.4 Å². The summed E-state index contributed by atoms with van der Waals surface area (Å²) in [5.74, 6) is 0. The second-order valence-corrected chi connectivity index (χ2v) is 4.64. The van der Waals surface area contributed by atoms with E-state index >= 15 is 0 Å². The van der Waals surface area contributed by atoms with E-state index in [4.69, 9.17) is 5.73 Å². The number of aliphatic hydroxyl groups excluding tert-OH is 2. The van der Waals surface area contributed by atoms with Gasteiger partial charge >= 0.3 is 0 Å². The van der Waals surface area contributed by atoms with Gasteiger partial charge in [-0.3, -0.25) is 4.98 Å². The first-order chi connectivity index (χ1) is 8.58. The molecule has 5 nitrogen and oxygen atoms in total. The molecule has 0 saturated heterocycles. The predicted octanol–water partition coefficient (Wildman–Crippen LogP) is 0.972. The lowest BCUT2D eigenvalue weighted by Crippen LogP contribution is -2.42. The molecule has 0 fully saturated rings. The van der Waals surface area contributed by atoms with Crippen molar-refractivity contribution in [1.82, 2.24) is 4.98 Å². The van der Waals surface area contributed by atoms with Gasteiger partial charge in [-0.15, -0.1) is 0 Å². The summed E-state index contributed by atoms with van der Waals surface area (Å²) < 4.78 is 0. The zero-order valence-electron chi connectivity index (χ0n) is 10.2. The highest BCUT2D eigenvalue weighted by Crippen LogP contribution is 2.25. The van der Waals surface area contributed by atoms with Gasteiger partial charge in [0, 0.05) is 23.0 Å². The summed E-state index contributed by atoms with van der Waals surface area (Å²) in [4.78, 5) is 4.24. The van der Waals surface area contributed by atoms with Gasteiger partial charge in [-0.05, 0) is 31.2 Å². The molecule has 18 heavy (non-hydrogen) atoms. The molecule has 0 spiro atoms. The number of aromatic nitrogens is 1. The lowest BCUT2D eigenvalue weighted by Gasteiger charge is -2.28. The van der Waals surface area contributed by atoms with Gasteiger partial charge in [0.2, 0.25) is 0 Å². The van der Waals surface area contributed by atoms with Gasteiger partial charge < -0.3 is 21.3 Å². The molecule has 0 aliphatic carbocycles. The summed E-state index contributed by atoms with van der Waals surface area (Å²) in [7, 11) is 0. The number of nitrogens with one attached hydrogen (secondary N) is 1.